The minimum atomic E-state index is -0.282. The van der Waals surface area contributed by atoms with Crippen LogP contribution in [0.2, 0.25) is 0 Å². The number of rotatable bonds is 4. The molecule has 3 aromatic rings. The molecule has 0 aliphatic carbocycles. The number of nitrogens with zero attached hydrogens (tertiary/aromatic N) is 1. The fourth-order valence-electron chi connectivity index (χ4n) is 3.76. The molecule has 0 bridgehead atoms. The number of hydrogen-bond acceptors (Lipinski definition) is 1. The highest BCUT2D eigenvalue weighted by atomic mass is 19.1. The lowest BCUT2D eigenvalue weighted by atomic mass is 9.98. The van der Waals surface area contributed by atoms with E-state index in [0.29, 0.717) is 6.54 Å². The molecule has 2 atom stereocenters. The van der Waals surface area contributed by atoms with Gasteiger partial charge in [-0.25, -0.2) is 13.6 Å². The molecule has 0 saturated carbocycles. The summed E-state index contributed by atoms with van der Waals surface area (Å²) < 4.78 is 26.2. The van der Waals surface area contributed by atoms with E-state index in [-0.39, 0.29) is 29.7 Å². The van der Waals surface area contributed by atoms with Crippen LogP contribution in [0, 0.1) is 11.6 Å². The maximum Gasteiger partial charge on any atom is 0.318 e. The minimum Gasteiger partial charge on any atom is -0.331 e. The fourth-order valence-corrected chi connectivity index (χ4v) is 3.76. The third-order valence-corrected chi connectivity index (χ3v) is 5.53. The van der Waals surface area contributed by atoms with Crippen molar-refractivity contribution in [3.8, 4) is 11.1 Å². The molecule has 1 heterocycles. The summed E-state index contributed by atoms with van der Waals surface area (Å²) in [7, 11) is 0. The van der Waals surface area contributed by atoms with Crippen molar-refractivity contribution < 1.29 is 13.6 Å². The molecule has 1 fully saturated rings. The first kappa shape index (κ1) is 23.2. The predicted octanol–water partition coefficient (Wildman–Crippen LogP) is 7.04. The van der Waals surface area contributed by atoms with Gasteiger partial charge in [0.2, 0.25) is 0 Å². The van der Waals surface area contributed by atoms with E-state index in [4.69, 9.17) is 0 Å². The number of nitrogens with one attached hydrogen (secondary N) is 1. The average Bonchev–Trinajstić information content (AvgIpc) is 2.80. The summed E-state index contributed by atoms with van der Waals surface area (Å²) in [6, 6.07) is 20.3. The summed E-state index contributed by atoms with van der Waals surface area (Å²) >= 11 is 0. The van der Waals surface area contributed by atoms with Gasteiger partial charge in [-0.15, -0.1) is 6.58 Å². The van der Waals surface area contributed by atoms with E-state index in [1.165, 1.54) is 24.3 Å². The normalized spacial score (nSPS) is 16.4. The third kappa shape index (κ3) is 5.61. The zero-order valence-corrected chi connectivity index (χ0v) is 18.4. The van der Waals surface area contributed by atoms with Crippen LogP contribution in [-0.4, -0.2) is 17.5 Å². The quantitative estimate of drug-likeness (QED) is 0.439. The highest BCUT2D eigenvalue weighted by Crippen LogP contribution is 2.29. The van der Waals surface area contributed by atoms with Crippen LogP contribution < -0.4 is 5.32 Å². The van der Waals surface area contributed by atoms with E-state index < -0.39 is 0 Å². The van der Waals surface area contributed by atoms with Gasteiger partial charge in [-0.2, -0.15) is 0 Å². The SMILES string of the molecule is C=CC.CC(c1ccc(-c2ccc(F)cc2)cc1)N1CCC(c2ccc(F)cc2)NC1=O. The fraction of sp³-hybridized carbons (Fsp3) is 0.222. The van der Waals surface area contributed by atoms with E-state index in [1.54, 1.807) is 30.3 Å². The average molecular weight is 435 g/mol. The number of halogens is 2. The molecule has 1 aliphatic rings. The molecule has 1 saturated heterocycles. The molecule has 32 heavy (non-hydrogen) atoms. The van der Waals surface area contributed by atoms with Gasteiger partial charge in [0, 0.05) is 6.54 Å². The predicted molar refractivity (Wildman–Crippen MR) is 125 cm³/mol. The zero-order valence-electron chi connectivity index (χ0n) is 18.4. The Morgan fingerprint density at radius 1 is 0.938 bits per heavy atom. The molecule has 0 radical (unpaired) electrons. The lowest BCUT2D eigenvalue weighted by molar-refractivity contribution is 0.154. The Balaban J connectivity index is 0.000000913. The lowest BCUT2D eigenvalue weighted by Crippen LogP contribution is -2.48. The Hall–Kier alpha value is -3.47. The van der Waals surface area contributed by atoms with Crippen LogP contribution in [0.4, 0.5) is 13.6 Å². The van der Waals surface area contributed by atoms with Gasteiger partial charge in [-0.1, -0.05) is 54.6 Å². The van der Waals surface area contributed by atoms with Gasteiger partial charge >= 0.3 is 6.03 Å². The van der Waals surface area contributed by atoms with Crippen LogP contribution >= 0.6 is 0 Å². The van der Waals surface area contributed by atoms with Crippen LogP contribution in [-0.2, 0) is 0 Å². The molecule has 0 spiro atoms. The first-order chi connectivity index (χ1) is 15.4. The van der Waals surface area contributed by atoms with E-state index in [2.05, 4.69) is 11.9 Å². The van der Waals surface area contributed by atoms with Crippen molar-refractivity contribution in [3.63, 3.8) is 0 Å². The summed E-state index contributed by atoms with van der Waals surface area (Å²) in [5.74, 6) is -0.538. The standard InChI is InChI=1S/C24H22F2N2O.C3H6/c1-16(17-2-4-18(5-3-17)19-6-10-21(25)11-7-19)28-15-14-23(27-24(28)29)20-8-12-22(26)13-9-20;1-3-2/h2-13,16,23H,14-15H2,1H3,(H,27,29);3H,1H2,2H3. The molecule has 3 nitrogen and oxygen atoms in total. The molecule has 166 valence electrons. The van der Waals surface area contributed by atoms with Crippen LogP contribution in [0.1, 0.15) is 43.5 Å². The lowest BCUT2D eigenvalue weighted by Gasteiger charge is -2.37. The monoisotopic (exact) mass is 434 g/mol. The molecule has 2 amide bonds. The summed E-state index contributed by atoms with van der Waals surface area (Å²) in [6.45, 7) is 7.87. The second-order valence-electron chi connectivity index (χ2n) is 7.75. The van der Waals surface area contributed by atoms with Gasteiger partial charge in [-0.3, -0.25) is 0 Å². The van der Waals surface area contributed by atoms with E-state index in [9.17, 15) is 13.6 Å². The number of carbonyl (C=O) groups excluding carboxylic acids is 1. The van der Waals surface area contributed by atoms with E-state index >= 15 is 0 Å². The molecule has 0 aromatic heterocycles. The summed E-state index contributed by atoms with van der Waals surface area (Å²) in [6.07, 6.45) is 2.51. The Morgan fingerprint density at radius 2 is 1.41 bits per heavy atom. The summed E-state index contributed by atoms with van der Waals surface area (Å²) in [4.78, 5) is 14.5. The van der Waals surface area contributed by atoms with Gasteiger partial charge in [0.25, 0.3) is 0 Å². The highest BCUT2D eigenvalue weighted by Gasteiger charge is 2.29. The largest absolute Gasteiger partial charge is 0.331 e. The smallest absolute Gasteiger partial charge is 0.318 e. The number of allylic oxidation sites excluding steroid dienone is 1. The van der Waals surface area contributed by atoms with Crippen molar-refractivity contribution in [2.45, 2.75) is 32.4 Å². The molecular formula is C27H28F2N2O. The van der Waals surface area contributed by atoms with Gasteiger partial charge in [-0.05, 0) is 66.8 Å². The molecule has 3 aromatic carbocycles. The molecule has 1 aliphatic heterocycles. The molecular weight excluding hydrogens is 406 g/mol. The van der Waals surface area contributed by atoms with Crippen LogP contribution in [0.5, 0.6) is 0 Å². The van der Waals surface area contributed by atoms with E-state index in [1.807, 2.05) is 43.0 Å². The van der Waals surface area contributed by atoms with Gasteiger partial charge in [0.1, 0.15) is 11.6 Å². The van der Waals surface area contributed by atoms with Crippen molar-refractivity contribution >= 4 is 6.03 Å². The topological polar surface area (TPSA) is 32.3 Å². The van der Waals surface area contributed by atoms with Crippen molar-refractivity contribution in [1.82, 2.24) is 10.2 Å². The number of urea groups is 1. The summed E-state index contributed by atoms with van der Waals surface area (Å²) in [5, 5.41) is 3.02. The maximum atomic E-state index is 13.1. The maximum absolute atomic E-state index is 13.1. The molecule has 4 rings (SSSR count). The van der Waals surface area contributed by atoms with Crippen molar-refractivity contribution in [1.29, 1.82) is 0 Å². The third-order valence-electron chi connectivity index (χ3n) is 5.53. The van der Waals surface area contributed by atoms with Crippen molar-refractivity contribution in [2.24, 2.45) is 0 Å². The Morgan fingerprint density at radius 3 is 1.91 bits per heavy atom. The Labute approximate surface area is 188 Å². The van der Waals surface area contributed by atoms with Gasteiger partial charge in [0.15, 0.2) is 0 Å². The Kier molecular flexibility index (Phi) is 7.77. The second-order valence-corrected chi connectivity index (χ2v) is 7.75. The summed E-state index contributed by atoms with van der Waals surface area (Å²) in [5.41, 5.74) is 3.89. The number of hydrogen-bond donors (Lipinski definition) is 1. The van der Waals surface area contributed by atoms with Crippen LogP contribution in [0.3, 0.4) is 0 Å². The van der Waals surface area contributed by atoms with Gasteiger partial charge in [0.05, 0.1) is 12.1 Å². The highest BCUT2D eigenvalue weighted by molar-refractivity contribution is 5.76. The minimum absolute atomic E-state index is 0.0774. The molecule has 1 N–H and O–H groups in total. The Bertz CT molecular complexity index is 1030. The molecule has 5 heteroatoms. The first-order valence-electron chi connectivity index (χ1n) is 10.7. The number of benzene rings is 3. The number of carbonyl (C=O) groups is 1. The van der Waals surface area contributed by atoms with Crippen LogP contribution in [0.15, 0.2) is 85.5 Å². The second kappa shape index (κ2) is 10.7. The number of amides is 2. The van der Waals surface area contributed by atoms with Crippen LogP contribution in [0.25, 0.3) is 11.1 Å². The van der Waals surface area contributed by atoms with Crippen molar-refractivity contribution in [3.05, 3.63) is 108 Å². The van der Waals surface area contributed by atoms with Crippen molar-refractivity contribution in [2.75, 3.05) is 6.54 Å². The first-order valence-corrected chi connectivity index (χ1v) is 10.7. The molecule has 2 unspecified atom stereocenters. The zero-order chi connectivity index (χ0) is 23.1. The van der Waals surface area contributed by atoms with E-state index in [0.717, 1.165) is 28.7 Å². The van der Waals surface area contributed by atoms with Gasteiger partial charge < -0.3 is 10.2 Å².